The van der Waals surface area contributed by atoms with Crippen molar-refractivity contribution in [2.75, 3.05) is 40.1 Å². The Balaban J connectivity index is 2.58. The molecule has 134 valence electrons. The predicted octanol–water partition coefficient (Wildman–Crippen LogP) is 2.47. The van der Waals surface area contributed by atoms with Gasteiger partial charge in [0.25, 0.3) is 0 Å². The van der Waals surface area contributed by atoms with Gasteiger partial charge in [0.2, 0.25) is 0 Å². The molecule has 1 rings (SSSR count). The van der Waals surface area contributed by atoms with Gasteiger partial charge in [0.15, 0.2) is 0 Å². The molecule has 1 aliphatic rings. The highest BCUT2D eigenvalue weighted by Gasteiger charge is 2.18. The number of nitriles is 1. The van der Waals surface area contributed by atoms with Gasteiger partial charge in [0, 0.05) is 32.6 Å². The molecule has 6 nitrogen and oxygen atoms in total. The van der Waals surface area contributed by atoms with Crippen LogP contribution in [0.4, 0.5) is 0 Å². The Kier molecular flexibility index (Phi) is 10.6. The number of allylic oxidation sites excluding steroid dienone is 3. The van der Waals surface area contributed by atoms with Gasteiger partial charge in [-0.15, -0.1) is 0 Å². The van der Waals surface area contributed by atoms with E-state index < -0.39 is 5.97 Å². The standard InChI is InChI=1S/C18H28N2O4/c1-3-23-12-13-24-18(21)17(14-19)15-6-4-7-16(9-8-15)20-10-5-11-22-2/h9,20H,3-8,10-13H2,1-2H3/b17-15-. The molecule has 24 heavy (non-hydrogen) atoms. The van der Waals surface area contributed by atoms with Gasteiger partial charge in [-0.3, -0.25) is 0 Å². The van der Waals surface area contributed by atoms with Crippen molar-refractivity contribution in [2.24, 2.45) is 0 Å². The minimum absolute atomic E-state index is 0.142. The Labute approximate surface area is 144 Å². The molecule has 0 radical (unpaired) electrons. The Bertz CT molecular complexity index is 492. The molecule has 6 heteroatoms. The van der Waals surface area contributed by atoms with E-state index in [9.17, 15) is 10.1 Å². The minimum atomic E-state index is -0.544. The smallest absolute Gasteiger partial charge is 0.348 e. The summed E-state index contributed by atoms with van der Waals surface area (Å²) in [5.74, 6) is -0.544. The van der Waals surface area contributed by atoms with Gasteiger partial charge in [0.05, 0.1) is 6.61 Å². The van der Waals surface area contributed by atoms with E-state index in [1.807, 2.05) is 13.0 Å². The van der Waals surface area contributed by atoms with Crippen molar-refractivity contribution in [1.29, 1.82) is 5.26 Å². The van der Waals surface area contributed by atoms with Crippen molar-refractivity contribution >= 4 is 5.97 Å². The Morgan fingerprint density at radius 3 is 2.88 bits per heavy atom. The Morgan fingerprint density at radius 2 is 2.17 bits per heavy atom. The maximum absolute atomic E-state index is 12.1. The van der Waals surface area contributed by atoms with Crippen LogP contribution in [0.1, 0.15) is 39.0 Å². The highest BCUT2D eigenvalue weighted by Crippen LogP contribution is 2.24. The third-order valence-corrected chi connectivity index (χ3v) is 3.73. The first kappa shape index (κ1) is 20.2. The largest absolute Gasteiger partial charge is 0.459 e. The zero-order valence-corrected chi connectivity index (χ0v) is 14.7. The summed E-state index contributed by atoms with van der Waals surface area (Å²) in [5.41, 5.74) is 2.17. The molecule has 0 unspecified atom stereocenters. The number of carbonyl (C=O) groups is 1. The van der Waals surface area contributed by atoms with E-state index in [-0.39, 0.29) is 12.2 Å². The summed E-state index contributed by atoms with van der Waals surface area (Å²) in [5, 5.41) is 12.7. The molecule has 0 amide bonds. The average Bonchev–Trinajstić information content (AvgIpc) is 2.82. The van der Waals surface area contributed by atoms with Gasteiger partial charge in [-0.2, -0.15) is 5.26 Å². The first-order valence-corrected chi connectivity index (χ1v) is 8.51. The van der Waals surface area contributed by atoms with Crippen molar-refractivity contribution in [3.05, 3.63) is 22.9 Å². The van der Waals surface area contributed by atoms with Crippen molar-refractivity contribution in [1.82, 2.24) is 5.32 Å². The van der Waals surface area contributed by atoms with Gasteiger partial charge < -0.3 is 19.5 Å². The number of ether oxygens (including phenoxy) is 3. The summed E-state index contributed by atoms with van der Waals surface area (Å²) in [4.78, 5) is 12.1. The van der Waals surface area contributed by atoms with Crippen molar-refractivity contribution in [2.45, 2.75) is 39.0 Å². The summed E-state index contributed by atoms with van der Waals surface area (Å²) >= 11 is 0. The van der Waals surface area contributed by atoms with Crippen molar-refractivity contribution in [3.63, 3.8) is 0 Å². The second kappa shape index (κ2) is 12.6. The van der Waals surface area contributed by atoms with E-state index in [2.05, 4.69) is 11.4 Å². The van der Waals surface area contributed by atoms with Crippen LogP contribution >= 0.6 is 0 Å². The number of carbonyl (C=O) groups excluding carboxylic acids is 1. The molecule has 0 saturated heterocycles. The van der Waals surface area contributed by atoms with Crippen LogP contribution in [-0.4, -0.2) is 46.1 Å². The van der Waals surface area contributed by atoms with E-state index >= 15 is 0 Å². The van der Waals surface area contributed by atoms with Crippen LogP contribution in [0.15, 0.2) is 22.9 Å². The summed E-state index contributed by atoms with van der Waals surface area (Å²) in [7, 11) is 1.69. The second-order valence-corrected chi connectivity index (χ2v) is 5.48. The van der Waals surface area contributed by atoms with Crippen LogP contribution in [0.2, 0.25) is 0 Å². The molecule has 0 bridgehead atoms. The third kappa shape index (κ3) is 7.62. The topological polar surface area (TPSA) is 80.6 Å². The molecule has 0 spiro atoms. The van der Waals surface area contributed by atoms with Crippen LogP contribution in [0, 0.1) is 11.3 Å². The number of hydrogen-bond donors (Lipinski definition) is 1. The van der Waals surface area contributed by atoms with E-state index in [0.717, 1.165) is 44.4 Å². The summed E-state index contributed by atoms with van der Waals surface area (Å²) in [6.07, 6.45) is 6.20. The lowest BCUT2D eigenvalue weighted by Crippen LogP contribution is -2.15. The minimum Gasteiger partial charge on any atom is -0.459 e. The van der Waals surface area contributed by atoms with E-state index in [1.54, 1.807) is 7.11 Å². The molecule has 0 aromatic rings. The second-order valence-electron chi connectivity index (χ2n) is 5.48. The summed E-state index contributed by atoms with van der Waals surface area (Å²) < 4.78 is 15.3. The molecular weight excluding hydrogens is 308 g/mol. The number of rotatable bonds is 10. The van der Waals surface area contributed by atoms with Gasteiger partial charge >= 0.3 is 5.97 Å². The quantitative estimate of drug-likeness (QED) is 0.286. The monoisotopic (exact) mass is 336 g/mol. The Hall–Kier alpha value is -1.84. The van der Waals surface area contributed by atoms with Crippen LogP contribution < -0.4 is 5.32 Å². The lowest BCUT2D eigenvalue weighted by molar-refractivity contribution is -0.140. The third-order valence-electron chi connectivity index (χ3n) is 3.73. The lowest BCUT2D eigenvalue weighted by atomic mass is 10.0. The van der Waals surface area contributed by atoms with Crippen LogP contribution in [0.3, 0.4) is 0 Å². The lowest BCUT2D eigenvalue weighted by Gasteiger charge is -2.08. The highest BCUT2D eigenvalue weighted by atomic mass is 16.6. The fourth-order valence-electron chi connectivity index (χ4n) is 2.47. The van der Waals surface area contributed by atoms with Crippen molar-refractivity contribution < 1.29 is 19.0 Å². The molecule has 0 fully saturated rings. The maximum Gasteiger partial charge on any atom is 0.348 e. The van der Waals surface area contributed by atoms with Gasteiger partial charge in [0.1, 0.15) is 18.2 Å². The van der Waals surface area contributed by atoms with Crippen LogP contribution in [-0.2, 0) is 19.0 Å². The number of nitrogens with one attached hydrogen (secondary N) is 1. The summed E-state index contributed by atoms with van der Waals surface area (Å²) in [6.45, 7) is 4.58. The zero-order valence-electron chi connectivity index (χ0n) is 14.7. The molecule has 0 aliphatic heterocycles. The molecular formula is C18H28N2O4. The van der Waals surface area contributed by atoms with E-state index in [1.165, 1.54) is 5.70 Å². The van der Waals surface area contributed by atoms with Crippen LogP contribution in [0.5, 0.6) is 0 Å². The van der Waals surface area contributed by atoms with Gasteiger partial charge in [-0.05, 0) is 44.6 Å². The zero-order chi connectivity index (χ0) is 17.6. The molecule has 0 atom stereocenters. The number of methoxy groups -OCH3 is 1. The molecule has 0 heterocycles. The van der Waals surface area contributed by atoms with E-state index in [0.29, 0.717) is 19.6 Å². The molecule has 0 aromatic carbocycles. The normalized spacial score (nSPS) is 16.6. The maximum atomic E-state index is 12.1. The fraction of sp³-hybridized carbons (Fsp3) is 0.667. The Morgan fingerprint density at radius 1 is 1.33 bits per heavy atom. The van der Waals surface area contributed by atoms with Crippen molar-refractivity contribution in [3.8, 4) is 6.07 Å². The molecule has 0 saturated carbocycles. The predicted molar refractivity (Wildman–Crippen MR) is 91.1 cm³/mol. The number of esters is 1. The average molecular weight is 336 g/mol. The molecule has 1 aliphatic carbocycles. The van der Waals surface area contributed by atoms with Crippen LogP contribution in [0.25, 0.3) is 0 Å². The first-order chi connectivity index (χ1) is 11.7. The fourth-order valence-corrected chi connectivity index (χ4v) is 2.47. The molecule has 1 N–H and O–H groups in total. The highest BCUT2D eigenvalue weighted by molar-refractivity contribution is 5.93. The van der Waals surface area contributed by atoms with Gasteiger partial charge in [-0.1, -0.05) is 6.08 Å². The number of hydrogen-bond acceptors (Lipinski definition) is 6. The summed E-state index contributed by atoms with van der Waals surface area (Å²) in [6, 6.07) is 2.01. The first-order valence-electron chi connectivity index (χ1n) is 8.51. The van der Waals surface area contributed by atoms with Gasteiger partial charge in [-0.25, -0.2) is 4.79 Å². The molecule has 0 aromatic heterocycles. The number of nitrogens with zero attached hydrogens (tertiary/aromatic N) is 1. The SMILES string of the molecule is CCOCCOC(=O)/C(C#N)=C1\CC=C(NCCCOC)CCC1. The van der Waals surface area contributed by atoms with E-state index in [4.69, 9.17) is 14.2 Å².